The molecule has 1 aromatic rings. The van der Waals surface area contributed by atoms with E-state index in [1.807, 2.05) is 13.0 Å². The van der Waals surface area contributed by atoms with Crippen molar-refractivity contribution in [3.8, 4) is 0 Å². The monoisotopic (exact) mass is 207 g/mol. The van der Waals surface area contributed by atoms with Crippen LogP contribution in [0.5, 0.6) is 0 Å². The Morgan fingerprint density at radius 1 is 1.33 bits per heavy atom. The molecule has 1 fully saturated rings. The Kier molecular flexibility index (Phi) is 3.06. The van der Waals surface area contributed by atoms with Gasteiger partial charge in [-0.3, -0.25) is 0 Å². The Bertz CT molecular complexity index is 348. The summed E-state index contributed by atoms with van der Waals surface area (Å²) in [6, 6.07) is 5.14. The van der Waals surface area contributed by atoms with Crippen LogP contribution in [0.15, 0.2) is 18.2 Å². The molecule has 0 amide bonds. The van der Waals surface area contributed by atoms with Gasteiger partial charge in [-0.25, -0.2) is 4.39 Å². The van der Waals surface area contributed by atoms with Gasteiger partial charge in [0.05, 0.1) is 0 Å². The highest BCUT2D eigenvalue weighted by molar-refractivity contribution is 5.30. The molecular formula is C13H18FN. The third kappa shape index (κ3) is 2.37. The van der Waals surface area contributed by atoms with Gasteiger partial charge in [0.25, 0.3) is 0 Å². The molecule has 2 atom stereocenters. The number of halogens is 1. The first kappa shape index (κ1) is 10.6. The molecule has 1 aliphatic heterocycles. The van der Waals surface area contributed by atoms with Crippen molar-refractivity contribution in [2.75, 3.05) is 13.1 Å². The maximum atomic E-state index is 13.0. The first-order valence-electron chi connectivity index (χ1n) is 5.63. The van der Waals surface area contributed by atoms with Crippen LogP contribution in [0.1, 0.15) is 30.4 Å². The predicted molar refractivity (Wildman–Crippen MR) is 60.5 cm³/mol. The molecule has 15 heavy (non-hydrogen) atoms. The average molecular weight is 207 g/mol. The smallest absolute Gasteiger partial charge is 0.123 e. The summed E-state index contributed by atoms with van der Waals surface area (Å²) < 4.78 is 13.0. The second-order valence-electron chi connectivity index (χ2n) is 4.70. The van der Waals surface area contributed by atoms with Crippen molar-refractivity contribution in [3.05, 3.63) is 35.1 Å². The summed E-state index contributed by atoms with van der Waals surface area (Å²) in [6.07, 6.45) is 1.21. The molecule has 2 heteroatoms. The largest absolute Gasteiger partial charge is 0.316 e. The van der Waals surface area contributed by atoms with Gasteiger partial charge >= 0.3 is 0 Å². The molecule has 0 saturated carbocycles. The third-order valence-corrected chi connectivity index (χ3v) is 3.24. The minimum Gasteiger partial charge on any atom is -0.316 e. The van der Waals surface area contributed by atoms with Crippen LogP contribution in [-0.4, -0.2) is 13.1 Å². The van der Waals surface area contributed by atoms with Gasteiger partial charge in [-0.15, -0.1) is 0 Å². The van der Waals surface area contributed by atoms with Crippen LogP contribution < -0.4 is 5.32 Å². The second-order valence-corrected chi connectivity index (χ2v) is 4.70. The van der Waals surface area contributed by atoms with E-state index in [0.717, 1.165) is 18.7 Å². The van der Waals surface area contributed by atoms with Crippen LogP contribution >= 0.6 is 0 Å². The fourth-order valence-corrected chi connectivity index (χ4v) is 2.49. The van der Waals surface area contributed by atoms with Gasteiger partial charge < -0.3 is 5.32 Å². The molecule has 0 radical (unpaired) electrons. The quantitative estimate of drug-likeness (QED) is 0.746. The topological polar surface area (TPSA) is 12.0 Å². The van der Waals surface area contributed by atoms with Gasteiger partial charge in [0.2, 0.25) is 0 Å². The van der Waals surface area contributed by atoms with E-state index in [1.165, 1.54) is 12.0 Å². The molecule has 0 spiro atoms. The highest BCUT2D eigenvalue weighted by atomic mass is 19.1. The van der Waals surface area contributed by atoms with E-state index in [-0.39, 0.29) is 5.82 Å². The van der Waals surface area contributed by atoms with Crippen molar-refractivity contribution in [3.63, 3.8) is 0 Å². The van der Waals surface area contributed by atoms with Gasteiger partial charge in [-0.1, -0.05) is 13.0 Å². The fourth-order valence-electron chi connectivity index (χ4n) is 2.49. The summed E-state index contributed by atoms with van der Waals surface area (Å²) in [6.45, 7) is 6.39. The predicted octanol–water partition coefficient (Wildman–Crippen LogP) is 2.85. The third-order valence-electron chi connectivity index (χ3n) is 3.24. The van der Waals surface area contributed by atoms with Gasteiger partial charge in [-0.05, 0) is 55.0 Å². The normalized spacial score (nSPS) is 26.6. The number of nitrogens with one attached hydrogen (secondary N) is 1. The van der Waals surface area contributed by atoms with Gasteiger partial charge in [0, 0.05) is 6.54 Å². The van der Waals surface area contributed by atoms with Crippen molar-refractivity contribution in [2.24, 2.45) is 5.92 Å². The lowest BCUT2D eigenvalue weighted by Gasteiger charge is -2.29. The Morgan fingerprint density at radius 2 is 2.13 bits per heavy atom. The maximum absolute atomic E-state index is 13.0. The van der Waals surface area contributed by atoms with E-state index in [2.05, 4.69) is 12.2 Å². The van der Waals surface area contributed by atoms with E-state index < -0.39 is 0 Å². The minimum absolute atomic E-state index is 0.131. The molecule has 1 N–H and O–H groups in total. The summed E-state index contributed by atoms with van der Waals surface area (Å²) in [5.74, 6) is 1.13. The Labute approximate surface area is 90.7 Å². The Morgan fingerprint density at radius 3 is 2.80 bits per heavy atom. The Balaban J connectivity index is 2.21. The van der Waals surface area contributed by atoms with E-state index >= 15 is 0 Å². The standard InChI is InChI=1S/C13H18FN/c1-9-5-11(8-15-7-9)13-4-3-12(14)6-10(13)2/h3-4,6,9,11,15H,5,7-8H2,1-2H3. The number of benzene rings is 1. The fraction of sp³-hybridized carbons (Fsp3) is 0.538. The summed E-state index contributed by atoms with van der Waals surface area (Å²) in [7, 11) is 0. The number of piperidine rings is 1. The SMILES string of the molecule is Cc1cc(F)ccc1C1CNCC(C)C1. The lowest BCUT2D eigenvalue weighted by molar-refractivity contribution is 0.363. The second kappa shape index (κ2) is 4.31. The van der Waals surface area contributed by atoms with Gasteiger partial charge in [0.15, 0.2) is 0 Å². The average Bonchev–Trinajstić information content (AvgIpc) is 2.17. The maximum Gasteiger partial charge on any atom is 0.123 e. The van der Waals surface area contributed by atoms with Crippen molar-refractivity contribution in [1.82, 2.24) is 5.32 Å². The van der Waals surface area contributed by atoms with Gasteiger partial charge in [-0.2, -0.15) is 0 Å². The van der Waals surface area contributed by atoms with E-state index in [4.69, 9.17) is 0 Å². The molecule has 1 aromatic carbocycles. The summed E-state index contributed by atoms with van der Waals surface area (Å²) in [5.41, 5.74) is 2.38. The zero-order valence-corrected chi connectivity index (χ0v) is 9.39. The van der Waals surface area contributed by atoms with Crippen molar-refractivity contribution >= 4 is 0 Å². The van der Waals surface area contributed by atoms with Crippen LogP contribution in [-0.2, 0) is 0 Å². The van der Waals surface area contributed by atoms with E-state index in [9.17, 15) is 4.39 Å². The van der Waals surface area contributed by atoms with Crippen molar-refractivity contribution in [2.45, 2.75) is 26.2 Å². The molecule has 0 aromatic heterocycles. The van der Waals surface area contributed by atoms with Crippen LogP contribution in [0, 0.1) is 18.7 Å². The highest BCUT2D eigenvalue weighted by Crippen LogP contribution is 2.28. The lowest BCUT2D eigenvalue weighted by atomic mass is 9.84. The highest BCUT2D eigenvalue weighted by Gasteiger charge is 2.21. The van der Waals surface area contributed by atoms with Crippen LogP contribution in [0.25, 0.3) is 0 Å². The zero-order valence-electron chi connectivity index (χ0n) is 9.39. The minimum atomic E-state index is -0.131. The summed E-state index contributed by atoms with van der Waals surface area (Å²) in [4.78, 5) is 0. The molecule has 2 unspecified atom stereocenters. The first-order valence-corrected chi connectivity index (χ1v) is 5.63. The van der Waals surface area contributed by atoms with Crippen LogP contribution in [0.2, 0.25) is 0 Å². The van der Waals surface area contributed by atoms with Crippen LogP contribution in [0.4, 0.5) is 4.39 Å². The molecule has 82 valence electrons. The molecule has 0 bridgehead atoms. The molecular weight excluding hydrogens is 189 g/mol. The number of aryl methyl sites for hydroxylation is 1. The number of rotatable bonds is 1. The van der Waals surface area contributed by atoms with Crippen molar-refractivity contribution < 1.29 is 4.39 Å². The first-order chi connectivity index (χ1) is 7.16. The van der Waals surface area contributed by atoms with E-state index in [0.29, 0.717) is 11.8 Å². The lowest BCUT2D eigenvalue weighted by Crippen LogP contribution is -2.34. The Hall–Kier alpha value is -0.890. The summed E-state index contributed by atoms with van der Waals surface area (Å²) >= 11 is 0. The molecule has 1 saturated heterocycles. The van der Waals surface area contributed by atoms with E-state index in [1.54, 1.807) is 12.1 Å². The molecule has 1 heterocycles. The molecule has 1 nitrogen and oxygen atoms in total. The zero-order chi connectivity index (χ0) is 10.8. The molecule has 0 aliphatic carbocycles. The molecule has 1 aliphatic rings. The van der Waals surface area contributed by atoms with Crippen LogP contribution in [0.3, 0.4) is 0 Å². The van der Waals surface area contributed by atoms with Crippen molar-refractivity contribution in [1.29, 1.82) is 0 Å². The van der Waals surface area contributed by atoms with Gasteiger partial charge in [0.1, 0.15) is 5.82 Å². The molecule has 2 rings (SSSR count). The number of hydrogen-bond donors (Lipinski definition) is 1. The summed E-state index contributed by atoms with van der Waals surface area (Å²) in [5, 5.41) is 3.43. The number of hydrogen-bond acceptors (Lipinski definition) is 1.